The summed E-state index contributed by atoms with van der Waals surface area (Å²) in [6, 6.07) is 13.0. The second kappa shape index (κ2) is 7.74. The van der Waals surface area contributed by atoms with Gasteiger partial charge in [0.15, 0.2) is 0 Å². The van der Waals surface area contributed by atoms with Gasteiger partial charge in [-0.15, -0.1) is 0 Å². The molecule has 0 saturated heterocycles. The van der Waals surface area contributed by atoms with Crippen molar-refractivity contribution in [1.82, 2.24) is 0 Å². The Balaban J connectivity index is 1.94. The number of nitro groups is 1. The Bertz CT molecular complexity index is 706. The van der Waals surface area contributed by atoms with Gasteiger partial charge in [0.25, 0.3) is 5.69 Å². The molecule has 0 aliphatic heterocycles. The summed E-state index contributed by atoms with van der Waals surface area (Å²) >= 11 is 0. The molecule has 0 spiro atoms. The van der Waals surface area contributed by atoms with E-state index < -0.39 is 4.92 Å². The van der Waals surface area contributed by atoms with Gasteiger partial charge in [-0.25, -0.2) is 0 Å². The van der Waals surface area contributed by atoms with E-state index in [0.717, 1.165) is 11.3 Å². The number of anilines is 1. The number of carbonyl (C=O) groups is 1. The van der Waals surface area contributed by atoms with E-state index in [4.69, 9.17) is 4.74 Å². The van der Waals surface area contributed by atoms with Crippen LogP contribution in [0.15, 0.2) is 54.6 Å². The van der Waals surface area contributed by atoms with Crippen molar-refractivity contribution >= 4 is 23.4 Å². The summed E-state index contributed by atoms with van der Waals surface area (Å²) in [6.45, 7) is 2.52. The van der Waals surface area contributed by atoms with E-state index in [9.17, 15) is 14.9 Å². The highest BCUT2D eigenvalue weighted by molar-refractivity contribution is 6.01. The van der Waals surface area contributed by atoms with Crippen molar-refractivity contribution in [3.63, 3.8) is 0 Å². The van der Waals surface area contributed by atoms with Crippen molar-refractivity contribution in [3.8, 4) is 5.75 Å². The molecule has 23 heavy (non-hydrogen) atoms. The number of amides is 1. The zero-order valence-electron chi connectivity index (χ0n) is 12.6. The fourth-order valence-electron chi connectivity index (χ4n) is 1.86. The van der Waals surface area contributed by atoms with Crippen molar-refractivity contribution in [2.24, 2.45) is 0 Å². The van der Waals surface area contributed by atoms with Crippen LogP contribution in [0.25, 0.3) is 6.08 Å². The number of nitrogens with zero attached hydrogens (tertiary/aromatic N) is 1. The van der Waals surface area contributed by atoms with Gasteiger partial charge < -0.3 is 10.1 Å². The summed E-state index contributed by atoms with van der Waals surface area (Å²) in [5.41, 5.74) is 1.34. The Morgan fingerprint density at radius 1 is 1.17 bits per heavy atom. The average molecular weight is 312 g/mol. The van der Waals surface area contributed by atoms with Crippen LogP contribution in [0.4, 0.5) is 11.4 Å². The third kappa shape index (κ3) is 4.96. The predicted octanol–water partition coefficient (Wildman–Crippen LogP) is 3.65. The smallest absolute Gasteiger partial charge is 0.269 e. The van der Waals surface area contributed by atoms with Gasteiger partial charge in [0.1, 0.15) is 5.75 Å². The van der Waals surface area contributed by atoms with E-state index in [2.05, 4.69) is 5.32 Å². The Kier molecular flexibility index (Phi) is 5.46. The van der Waals surface area contributed by atoms with E-state index in [0.29, 0.717) is 12.3 Å². The third-order valence-corrected chi connectivity index (χ3v) is 2.96. The van der Waals surface area contributed by atoms with E-state index in [1.54, 1.807) is 6.08 Å². The van der Waals surface area contributed by atoms with Crippen LogP contribution in [0.5, 0.6) is 5.75 Å². The highest BCUT2D eigenvalue weighted by Crippen LogP contribution is 2.16. The molecule has 0 aliphatic rings. The lowest BCUT2D eigenvalue weighted by atomic mass is 10.2. The van der Waals surface area contributed by atoms with Gasteiger partial charge >= 0.3 is 0 Å². The second-order valence-corrected chi connectivity index (χ2v) is 4.63. The Hall–Kier alpha value is -3.15. The first-order chi connectivity index (χ1) is 11.1. The summed E-state index contributed by atoms with van der Waals surface area (Å²) in [5.74, 6) is 0.465. The van der Waals surface area contributed by atoms with Crippen LogP contribution in [0.2, 0.25) is 0 Å². The lowest BCUT2D eigenvalue weighted by Crippen LogP contribution is -2.07. The molecule has 6 nitrogen and oxygen atoms in total. The zero-order valence-corrected chi connectivity index (χ0v) is 12.6. The number of non-ortho nitro benzene ring substituents is 1. The molecule has 0 fully saturated rings. The molecule has 0 atom stereocenters. The first kappa shape index (κ1) is 16.2. The molecule has 0 aromatic heterocycles. The SMILES string of the molecule is CCOc1ccc(C=CC(=O)Nc2ccc([N+](=O)[O-])cc2)cc1. The van der Waals surface area contributed by atoms with E-state index in [1.165, 1.54) is 30.3 Å². The molecule has 0 saturated carbocycles. The standard InChI is InChI=1S/C17H16N2O4/c1-2-23-16-10-3-13(4-11-16)5-12-17(20)18-14-6-8-15(9-7-14)19(21)22/h3-12H,2H2,1H3,(H,18,20). The van der Waals surface area contributed by atoms with Gasteiger partial charge in [-0.2, -0.15) is 0 Å². The molecule has 0 unspecified atom stereocenters. The van der Waals surface area contributed by atoms with Crippen LogP contribution in [0.3, 0.4) is 0 Å². The molecule has 0 bridgehead atoms. The van der Waals surface area contributed by atoms with Gasteiger partial charge in [-0.1, -0.05) is 12.1 Å². The summed E-state index contributed by atoms with van der Waals surface area (Å²) < 4.78 is 5.34. The van der Waals surface area contributed by atoms with Gasteiger partial charge in [0.05, 0.1) is 11.5 Å². The van der Waals surface area contributed by atoms with Crippen LogP contribution in [0.1, 0.15) is 12.5 Å². The van der Waals surface area contributed by atoms with Crippen LogP contribution in [0, 0.1) is 10.1 Å². The normalized spacial score (nSPS) is 10.5. The third-order valence-electron chi connectivity index (χ3n) is 2.96. The highest BCUT2D eigenvalue weighted by atomic mass is 16.6. The summed E-state index contributed by atoms with van der Waals surface area (Å²) in [7, 11) is 0. The molecule has 2 aromatic rings. The van der Waals surface area contributed by atoms with Crippen LogP contribution in [-0.2, 0) is 4.79 Å². The molecule has 2 aromatic carbocycles. The molecule has 0 heterocycles. The van der Waals surface area contributed by atoms with E-state index >= 15 is 0 Å². The minimum atomic E-state index is -0.489. The Labute approximate surface area is 133 Å². The van der Waals surface area contributed by atoms with Crippen LogP contribution >= 0.6 is 0 Å². The summed E-state index contributed by atoms with van der Waals surface area (Å²) in [6.07, 6.45) is 3.08. The number of rotatable bonds is 6. The molecule has 118 valence electrons. The highest BCUT2D eigenvalue weighted by Gasteiger charge is 2.04. The van der Waals surface area contributed by atoms with Crippen molar-refractivity contribution in [1.29, 1.82) is 0 Å². The van der Waals surface area contributed by atoms with Gasteiger partial charge in [-0.05, 0) is 42.8 Å². The lowest BCUT2D eigenvalue weighted by Gasteiger charge is -2.03. The molecule has 1 amide bonds. The molecular formula is C17H16N2O4. The number of carbonyl (C=O) groups excluding carboxylic acids is 1. The Morgan fingerprint density at radius 3 is 2.39 bits per heavy atom. The summed E-state index contributed by atoms with van der Waals surface area (Å²) in [4.78, 5) is 21.9. The predicted molar refractivity (Wildman–Crippen MR) is 88.4 cm³/mol. The molecule has 1 N–H and O–H groups in total. The van der Waals surface area contributed by atoms with Gasteiger partial charge in [-0.3, -0.25) is 14.9 Å². The second-order valence-electron chi connectivity index (χ2n) is 4.63. The van der Waals surface area contributed by atoms with Crippen LogP contribution < -0.4 is 10.1 Å². The van der Waals surface area contributed by atoms with Gasteiger partial charge in [0.2, 0.25) is 5.91 Å². The maximum Gasteiger partial charge on any atom is 0.269 e. The fraction of sp³-hybridized carbons (Fsp3) is 0.118. The average Bonchev–Trinajstić information content (AvgIpc) is 2.55. The lowest BCUT2D eigenvalue weighted by molar-refractivity contribution is -0.384. The maximum atomic E-state index is 11.8. The molecular weight excluding hydrogens is 296 g/mol. The molecule has 2 rings (SSSR count). The van der Waals surface area contributed by atoms with Crippen LogP contribution in [-0.4, -0.2) is 17.4 Å². The molecule has 6 heteroatoms. The number of nitro benzene ring substituents is 1. The minimum absolute atomic E-state index is 0.0204. The zero-order chi connectivity index (χ0) is 16.7. The molecule has 0 radical (unpaired) electrons. The van der Waals surface area contributed by atoms with Crippen molar-refractivity contribution in [2.45, 2.75) is 6.92 Å². The van der Waals surface area contributed by atoms with Crippen molar-refractivity contribution in [3.05, 3.63) is 70.3 Å². The number of nitrogens with one attached hydrogen (secondary N) is 1. The quantitative estimate of drug-likeness (QED) is 0.501. The van der Waals surface area contributed by atoms with E-state index in [-0.39, 0.29) is 11.6 Å². The largest absolute Gasteiger partial charge is 0.494 e. The number of hydrogen-bond acceptors (Lipinski definition) is 4. The maximum absolute atomic E-state index is 11.8. The first-order valence-electron chi connectivity index (χ1n) is 7.05. The first-order valence-corrected chi connectivity index (χ1v) is 7.05. The van der Waals surface area contributed by atoms with Crippen molar-refractivity contribution < 1.29 is 14.5 Å². The van der Waals surface area contributed by atoms with Crippen molar-refractivity contribution in [2.75, 3.05) is 11.9 Å². The molecule has 0 aliphatic carbocycles. The minimum Gasteiger partial charge on any atom is -0.494 e. The monoisotopic (exact) mass is 312 g/mol. The number of benzene rings is 2. The Morgan fingerprint density at radius 2 is 1.83 bits per heavy atom. The number of ether oxygens (including phenoxy) is 1. The summed E-state index contributed by atoms with van der Waals surface area (Å²) in [5, 5.41) is 13.2. The fourth-order valence-corrected chi connectivity index (χ4v) is 1.86. The van der Waals surface area contributed by atoms with Gasteiger partial charge in [0, 0.05) is 23.9 Å². The topological polar surface area (TPSA) is 81.5 Å². The number of hydrogen-bond donors (Lipinski definition) is 1. The van der Waals surface area contributed by atoms with E-state index in [1.807, 2.05) is 31.2 Å².